The number of hydrogen-bond acceptors (Lipinski definition) is 4. The van der Waals surface area contributed by atoms with Gasteiger partial charge in [-0.25, -0.2) is 4.79 Å². The van der Waals surface area contributed by atoms with Crippen molar-refractivity contribution in [3.63, 3.8) is 0 Å². The predicted octanol–water partition coefficient (Wildman–Crippen LogP) is 1.14. The van der Waals surface area contributed by atoms with Gasteiger partial charge in [-0.2, -0.15) is 0 Å². The van der Waals surface area contributed by atoms with Gasteiger partial charge >= 0.3 is 5.97 Å². The molecule has 2 atom stereocenters. The van der Waals surface area contributed by atoms with E-state index in [-0.39, 0.29) is 25.0 Å². The predicted molar refractivity (Wildman–Crippen MR) is 73.4 cm³/mol. The number of nitrogens with zero attached hydrogens (tertiary/aromatic N) is 1. The molecule has 0 saturated carbocycles. The van der Waals surface area contributed by atoms with Crippen molar-refractivity contribution in [3.05, 3.63) is 0 Å². The number of morpholine rings is 1. The van der Waals surface area contributed by atoms with Gasteiger partial charge in [0.15, 0.2) is 6.04 Å². The fourth-order valence-electron chi connectivity index (χ4n) is 2.33. The highest BCUT2D eigenvalue weighted by atomic mass is 16.5. The SMILES string of the molecule is CC(C)C[C@@H](C)OCCC(=O)N1CCOC[C@H]1C(=O)O. The lowest BCUT2D eigenvalue weighted by Crippen LogP contribution is -2.52. The summed E-state index contributed by atoms with van der Waals surface area (Å²) in [5.41, 5.74) is 0. The van der Waals surface area contributed by atoms with Crippen LogP contribution in [-0.4, -0.2) is 60.4 Å². The molecule has 1 aliphatic rings. The van der Waals surface area contributed by atoms with E-state index in [1.165, 1.54) is 4.90 Å². The van der Waals surface area contributed by atoms with Gasteiger partial charge in [-0.1, -0.05) is 13.8 Å². The molecule has 0 aliphatic carbocycles. The van der Waals surface area contributed by atoms with Gasteiger partial charge in [0.05, 0.1) is 32.3 Å². The summed E-state index contributed by atoms with van der Waals surface area (Å²) >= 11 is 0. The summed E-state index contributed by atoms with van der Waals surface area (Å²) in [7, 11) is 0. The lowest BCUT2D eigenvalue weighted by molar-refractivity contribution is -0.158. The fourth-order valence-corrected chi connectivity index (χ4v) is 2.33. The summed E-state index contributed by atoms with van der Waals surface area (Å²) in [6.45, 7) is 7.34. The molecule has 0 bridgehead atoms. The van der Waals surface area contributed by atoms with Crippen LogP contribution in [0.3, 0.4) is 0 Å². The third-order valence-corrected chi connectivity index (χ3v) is 3.26. The average Bonchev–Trinajstić information content (AvgIpc) is 2.37. The van der Waals surface area contributed by atoms with Gasteiger partial charge in [-0.05, 0) is 19.3 Å². The lowest BCUT2D eigenvalue weighted by atomic mass is 10.1. The molecular formula is C14H25NO5. The van der Waals surface area contributed by atoms with Gasteiger partial charge in [0.2, 0.25) is 5.91 Å². The number of carbonyl (C=O) groups is 2. The van der Waals surface area contributed by atoms with Crippen LogP contribution in [0.25, 0.3) is 0 Å². The topological polar surface area (TPSA) is 76.1 Å². The van der Waals surface area contributed by atoms with Crippen molar-refractivity contribution >= 4 is 11.9 Å². The summed E-state index contributed by atoms with van der Waals surface area (Å²) in [6.07, 6.45) is 1.28. The molecule has 1 heterocycles. The molecule has 0 unspecified atom stereocenters. The first kappa shape index (κ1) is 16.9. The van der Waals surface area contributed by atoms with Gasteiger partial charge in [-0.15, -0.1) is 0 Å². The average molecular weight is 287 g/mol. The largest absolute Gasteiger partial charge is 0.480 e. The van der Waals surface area contributed by atoms with Crippen molar-refractivity contribution in [3.8, 4) is 0 Å². The molecule has 116 valence electrons. The zero-order valence-electron chi connectivity index (χ0n) is 12.5. The van der Waals surface area contributed by atoms with Crippen molar-refractivity contribution in [1.82, 2.24) is 4.90 Å². The van der Waals surface area contributed by atoms with E-state index in [4.69, 9.17) is 14.6 Å². The van der Waals surface area contributed by atoms with Gasteiger partial charge in [0.1, 0.15) is 0 Å². The van der Waals surface area contributed by atoms with Gasteiger partial charge < -0.3 is 19.5 Å². The van der Waals surface area contributed by atoms with Gasteiger partial charge in [0.25, 0.3) is 0 Å². The molecule has 0 spiro atoms. The minimum Gasteiger partial charge on any atom is -0.480 e. The van der Waals surface area contributed by atoms with Crippen LogP contribution in [-0.2, 0) is 19.1 Å². The molecule has 6 heteroatoms. The molecule has 0 aromatic rings. The maximum absolute atomic E-state index is 12.0. The van der Waals surface area contributed by atoms with E-state index >= 15 is 0 Å². The summed E-state index contributed by atoms with van der Waals surface area (Å²) < 4.78 is 10.7. The molecule has 20 heavy (non-hydrogen) atoms. The van der Waals surface area contributed by atoms with E-state index in [2.05, 4.69) is 13.8 Å². The maximum Gasteiger partial charge on any atom is 0.328 e. The van der Waals surface area contributed by atoms with Crippen molar-refractivity contribution in [2.45, 2.75) is 45.8 Å². The first-order valence-corrected chi connectivity index (χ1v) is 7.13. The standard InChI is InChI=1S/C14H25NO5/c1-10(2)8-11(3)20-6-4-13(16)15-5-7-19-9-12(15)14(17)18/h10-12H,4-9H2,1-3H3,(H,17,18)/t11-,12+/m1/s1. The molecule has 1 saturated heterocycles. The summed E-state index contributed by atoms with van der Waals surface area (Å²) in [5, 5.41) is 9.07. The molecule has 6 nitrogen and oxygen atoms in total. The van der Waals surface area contributed by atoms with Crippen LogP contribution in [0.4, 0.5) is 0 Å². The van der Waals surface area contributed by atoms with E-state index in [1.54, 1.807) is 0 Å². The highest BCUT2D eigenvalue weighted by molar-refractivity contribution is 5.84. The van der Waals surface area contributed by atoms with E-state index in [1.807, 2.05) is 6.92 Å². The Balaban J connectivity index is 2.35. The number of rotatable bonds is 7. The van der Waals surface area contributed by atoms with Crippen LogP contribution in [0.15, 0.2) is 0 Å². The van der Waals surface area contributed by atoms with Crippen molar-refractivity contribution in [2.75, 3.05) is 26.4 Å². The Morgan fingerprint density at radius 1 is 1.40 bits per heavy atom. The zero-order valence-corrected chi connectivity index (χ0v) is 12.5. The second kappa shape index (κ2) is 8.21. The number of carboxylic acids is 1. The van der Waals surface area contributed by atoms with Crippen LogP contribution in [0, 0.1) is 5.92 Å². The number of amides is 1. The van der Waals surface area contributed by atoms with Crippen molar-refractivity contribution in [1.29, 1.82) is 0 Å². The third-order valence-electron chi connectivity index (χ3n) is 3.26. The Morgan fingerprint density at radius 3 is 2.70 bits per heavy atom. The lowest BCUT2D eigenvalue weighted by Gasteiger charge is -2.33. The van der Waals surface area contributed by atoms with E-state index in [0.717, 1.165) is 6.42 Å². The molecule has 1 amide bonds. The minimum atomic E-state index is -1.02. The van der Waals surface area contributed by atoms with E-state index in [0.29, 0.717) is 25.7 Å². The normalized spacial score (nSPS) is 21.0. The van der Waals surface area contributed by atoms with Crippen molar-refractivity contribution < 1.29 is 24.2 Å². The van der Waals surface area contributed by atoms with Crippen LogP contribution in [0.5, 0.6) is 0 Å². The monoisotopic (exact) mass is 287 g/mol. The third kappa shape index (κ3) is 5.46. The molecule has 1 aliphatic heterocycles. The molecule has 0 aromatic heterocycles. The zero-order chi connectivity index (χ0) is 15.1. The fraction of sp³-hybridized carbons (Fsp3) is 0.857. The Morgan fingerprint density at radius 2 is 2.10 bits per heavy atom. The number of carboxylic acid groups (broad SMARTS) is 1. The highest BCUT2D eigenvalue weighted by Crippen LogP contribution is 2.11. The molecule has 1 fully saturated rings. The molecule has 1 rings (SSSR count). The second-order valence-corrected chi connectivity index (χ2v) is 5.58. The highest BCUT2D eigenvalue weighted by Gasteiger charge is 2.32. The summed E-state index contributed by atoms with van der Waals surface area (Å²) in [5.74, 6) is -0.652. The Bertz CT molecular complexity index is 332. The smallest absolute Gasteiger partial charge is 0.328 e. The van der Waals surface area contributed by atoms with E-state index < -0.39 is 12.0 Å². The Hall–Kier alpha value is -1.14. The molecule has 0 aromatic carbocycles. The molecule has 1 N–H and O–H groups in total. The summed E-state index contributed by atoms with van der Waals surface area (Å²) in [6, 6.07) is -0.871. The number of carbonyl (C=O) groups excluding carboxylic acids is 1. The van der Waals surface area contributed by atoms with Crippen LogP contribution >= 0.6 is 0 Å². The van der Waals surface area contributed by atoms with Gasteiger partial charge in [0, 0.05) is 6.54 Å². The molecular weight excluding hydrogens is 262 g/mol. The van der Waals surface area contributed by atoms with Crippen LogP contribution in [0.2, 0.25) is 0 Å². The Kier molecular flexibility index (Phi) is 6.95. The minimum absolute atomic E-state index is 0.0612. The first-order valence-electron chi connectivity index (χ1n) is 7.13. The van der Waals surface area contributed by atoms with Crippen molar-refractivity contribution in [2.24, 2.45) is 5.92 Å². The first-order chi connectivity index (χ1) is 9.41. The van der Waals surface area contributed by atoms with Crippen LogP contribution < -0.4 is 0 Å². The summed E-state index contributed by atoms with van der Waals surface area (Å²) in [4.78, 5) is 24.5. The van der Waals surface area contributed by atoms with Crippen LogP contribution in [0.1, 0.15) is 33.6 Å². The number of aliphatic carboxylic acids is 1. The second-order valence-electron chi connectivity index (χ2n) is 5.58. The van der Waals surface area contributed by atoms with Gasteiger partial charge in [-0.3, -0.25) is 4.79 Å². The number of hydrogen-bond donors (Lipinski definition) is 1. The number of ether oxygens (including phenoxy) is 2. The maximum atomic E-state index is 12.0. The quantitative estimate of drug-likeness (QED) is 0.760. The Labute approximate surface area is 120 Å². The van der Waals surface area contributed by atoms with E-state index in [9.17, 15) is 9.59 Å². The molecule has 0 radical (unpaired) electrons.